The van der Waals surface area contributed by atoms with Crippen molar-refractivity contribution in [3.8, 4) is 0 Å². The third kappa shape index (κ3) is 3.32. The first-order chi connectivity index (χ1) is 8.74. The van der Waals surface area contributed by atoms with E-state index in [4.69, 9.17) is 10.5 Å². The van der Waals surface area contributed by atoms with Crippen LogP contribution in [0.15, 0.2) is 6.07 Å². The van der Waals surface area contributed by atoms with Crippen LogP contribution >= 0.6 is 0 Å². The number of ether oxygens (including phenoxy) is 1. The van der Waals surface area contributed by atoms with Crippen molar-refractivity contribution in [3.05, 3.63) is 11.9 Å². The van der Waals surface area contributed by atoms with Crippen LogP contribution < -0.4 is 10.6 Å². The van der Waals surface area contributed by atoms with Crippen LogP contribution in [0, 0.1) is 0 Å². The van der Waals surface area contributed by atoms with Crippen LogP contribution in [0.25, 0.3) is 0 Å². The molecule has 0 spiro atoms. The zero-order chi connectivity index (χ0) is 13.0. The summed E-state index contributed by atoms with van der Waals surface area (Å²) in [5.41, 5.74) is 5.85. The first kappa shape index (κ1) is 13.1. The lowest BCUT2D eigenvalue weighted by Gasteiger charge is -2.23. The number of nitrogens with two attached hydrogens (primary N) is 1. The SMILES string of the molecule is CCCN(c1cc(N)nc(COCC)n1)C1CC1. The van der Waals surface area contributed by atoms with Crippen LogP contribution in [0.4, 0.5) is 11.6 Å². The molecule has 0 aliphatic heterocycles. The normalized spacial score (nSPS) is 14.8. The number of nitrogen functional groups attached to an aromatic ring is 1. The lowest BCUT2D eigenvalue weighted by atomic mass is 10.3. The van der Waals surface area contributed by atoms with Gasteiger partial charge in [-0.3, -0.25) is 0 Å². The second-order valence-electron chi connectivity index (χ2n) is 4.63. The van der Waals surface area contributed by atoms with Crippen LogP contribution in [0.5, 0.6) is 0 Å². The highest BCUT2D eigenvalue weighted by Gasteiger charge is 2.29. The van der Waals surface area contributed by atoms with Gasteiger partial charge in [0.1, 0.15) is 18.2 Å². The molecule has 1 heterocycles. The lowest BCUT2D eigenvalue weighted by Crippen LogP contribution is -2.28. The molecule has 0 atom stereocenters. The maximum absolute atomic E-state index is 5.85. The van der Waals surface area contributed by atoms with Crippen LogP contribution in [0.1, 0.15) is 38.9 Å². The molecule has 2 rings (SSSR count). The van der Waals surface area contributed by atoms with Gasteiger partial charge in [-0.25, -0.2) is 9.97 Å². The second-order valence-corrected chi connectivity index (χ2v) is 4.63. The molecule has 0 aromatic carbocycles. The Kier molecular flexibility index (Phi) is 4.36. The Labute approximate surface area is 108 Å². The number of anilines is 2. The Morgan fingerprint density at radius 1 is 1.39 bits per heavy atom. The molecule has 5 heteroatoms. The standard InChI is InChI=1S/C13H22N4O/c1-3-7-17(10-5-6-10)13-8-11(14)15-12(16-13)9-18-4-2/h8,10H,3-7,9H2,1-2H3,(H2,14,15,16). The number of hydrogen-bond donors (Lipinski definition) is 1. The highest BCUT2D eigenvalue weighted by atomic mass is 16.5. The molecular formula is C13H22N4O. The molecule has 18 heavy (non-hydrogen) atoms. The Balaban J connectivity index is 2.16. The van der Waals surface area contributed by atoms with Crippen molar-refractivity contribution < 1.29 is 4.74 Å². The Bertz CT molecular complexity index is 393. The fourth-order valence-corrected chi connectivity index (χ4v) is 2.02. The van der Waals surface area contributed by atoms with Crippen LogP contribution in [0.2, 0.25) is 0 Å². The Morgan fingerprint density at radius 3 is 2.78 bits per heavy atom. The van der Waals surface area contributed by atoms with Crippen molar-refractivity contribution in [2.45, 2.75) is 45.8 Å². The van der Waals surface area contributed by atoms with Crippen molar-refractivity contribution in [3.63, 3.8) is 0 Å². The smallest absolute Gasteiger partial charge is 0.158 e. The zero-order valence-corrected chi connectivity index (χ0v) is 11.2. The van der Waals surface area contributed by atoms with Gasteiger partial charge in [-0.1, -0.05) is 6.92 Å². The minimum absolute atomic E-state index is 0.430. The van der Waals surface area contributed by atoms with Gasteiger partial charge in [0.25, 0.3) is 0 Å². The molecule has 5 nitrogen and oxygen atoms in total. The molecule has 1 aromatic heterocycles. The molecule has 0 amide bonds. The van der Waals surface area contributed by atoms with E-state index in [-0.39, 0.29) is 0 Å². The third-order valence-electron chi connectivity index (χ3n) is 2.96. The Hall–Kier alpha value is -1.36. The van der Waals surface area contributed by atoms with E-state index in [0.717, 1.165) is 18.8 Å². The summed E-state index contributed by atoms with van der Waals surface area (Å²) in [6, 6.07) is 2.50. The predicted molar refractivity (Wildman–Crippen MR) is 72.4 cm³/mol. The summed E-state index contributed by atoms with van der Waals surface area (Å²) in [5, 5.41) is 0. The van der Waals surface area contributed by atoms with E-state index in [1.807, 2.05) is 13.0 Å². The average Bonchev–Trinajstić information content (AvgIpc) is 3.17. The summed E-state index contributed by atoms with van der Waals surface area (Å²) < 4.78 is 5.35. The fraction of sp³-hybridized carbons (Fsp3) is 0.692. The van der Waals surface area contributed by atoms with Gasteiger partial charge in [0.2, 0.25) is 0 Å². The highest BCUT2D eigenvalue weighted by molar-refractivity contribution is 5.48. The number of rotatable bonds is 7. The molecule has 2 N–H and O–H groups in total. The molecule has 0 radical (unpaired) electrons. The maximum atomic E-state index is 5.85. The number of aromatic nitrogens is 2. The van der Waals surface area contributed by atoms with Gasteiger partial charge in [0.05, 0.1) is 0 Å². The first-order valence-electron chi connectivity index (χ1n) is 6.72. The number of nitrogens with zero attached hydrogens (tertiary/aromatic N) is 3. The third-order valence-corrected chi connectivity index (χ3v) is 2.96. The zero-order valence-electron chi connectivity index (χ0n) is 11.2. The molecule has 1 saturated carbocycles. The maximum Gasteiger partial charge on any atom is 0.158 e. The molecular weight excluding hydrogens is 228 g/mol. The summed E-state index contributed by atoms with van der Waals surface area (Å²) >= 11 is 0. The van der Waals surface area contributed by atoms with Gasteiger partial charge in [-0.2, -0.15) is 0 Å². The largest absolute Gasteiger partial charge is 0.384 e. The predicted octanol–water partition coefficient (Wildman–Crippen LogP) is 1.97. The van der Waals surface area contributed by atoms with Gasteiger partial charge in [-0.05, 0) is 26.2 Å². The Morgan fingerprint density at radius 2 is 2.17 bits per heavy atom. The molecule has 0 saturated heterocycles. The molecule has 1 aliphatic rings. The molecule has 1 fully saturated rings. The summed E-state index contributed by atoms with van der Waals surface area (Å²) in [6.07, 6.45) is 3.62. The first-order valence-corrected chi connectivity index (χ1v) is 6.72. The van der Waals surface area contributed by atoms with Crippen molar-refractivity contribution in [1.29, 1.82) is 0 Å². The van der Waals surface area contributed by atoms with Gasteiger partial charge in [-0.15, -0.1) is 0 Å². The van der Waals surface area contributed by atoms with Crippen molar-refractivity contribution in [2.75, 3.05) is 23.8 Å². The van der Waals surface area contributed by atoms with E-state index in [1.165, 1.54) is 12.8 Å². The van der Waals surface area contributed by atoms with E-state index < -0.39 is 0 Å². The molecule has 1 aliphatic carbocycles. The topological polar surface area (TPSA) is 64.3 Å². The van der Waals surface area contributed by atoms with Crippen molar-refractivity contribution in [2.24, 2.45) is 0 Å². The molecule has 1 aromatic rings. The fourth-order valence-electron chi connectivity index (χ4n) is 2.02. The van der Waals surface area contributed by atoms with Crippen LogP contribution in [-0.4, -0.2) is 29.2 Å². The van der Waals surface area contributed by atoms with E-state index in [2.05, 4.69) is 21.8 Å². The minimum Gasteiger partial charge on any atom is -0.384 e. The van der Waals surface area contributed by atoms with E-state index in [0.29, 0.717) is 30.9 Å². The quantitative estimate of drug-likeness (QED) is 0.801. The monoisotopic (exact) mass is 250 g/mol. The summed E-state index contributed by atoms with van der Waals surface area (Å²) in [7, 11) is 0. The van der Waals surface area contributed by atoms with E-state index in [1.54, 1.807) is 0 Å². The van der Waals surface area contributed by atoms with Gasteiger partial charge < -0.3 is 15.4 Å². The van der Waals surface area contributed by atoms with E-state index >= 15 is 0 Å². The second kappa shape index (κ2) is 6.00. The van der Waals surface area contributed by atoms with Crippen LogP contribution in [-0.2, 0) is 11.3 Å². The summed E-state index contributed by atoms with van der Waals surface area (Å²) in [4.78, 5) is 11.1. The summed E-state index contributed by atoms with van der Waals surface area (Å²) in [5.74, 6) is 2.15. The average molecular weight is 250 g/mol. The molecule has 100 valence electrons. The number of hydrogen-bond acceptors (Lipinski definition) is 5. The van der Waals surface area contributed by atoms with Crippen molar-refractivity contribution in [1.82, 2.24) is 9.97 Å². The molecule has 0 unspecified atom stereocenters. The summed E-state index contributed by atoms with van der Waals surface area (Å²) in [6.45, 7) is 6.25. The van der Waals surface area contributed by atoms with Crippen LogP contribution in [0.3, 0.4) is 0 Å². The minimum atomic E-state index is 0.430. The van der Waals surface area contributed by atoms with Gasteiger partial charge >= 0.3 is 0 Å². The van der Waals surface area contributed by atoms with E-state index in [9.17, 15) is 0 Å². The lowest BCUT2D eigenvalue weighted by molar-refractivity contribution is 0.128. The van der Waals surface area contributed by atoms with Gasteiger partial charge in [0, 0.05) is 25.3 Å². The highest BCUT2D eigenvalue weighted by Crippen LogP contribution is 2.31. The van der Waals surface area contributed by atoms with Gasteiger partial charge in [0.15, 0.2) is 5.82 Å². The molecule has 0 bridgehead atoms. The van der Waals surface area contributed by atoms with Crippen molar-refractivity contribution >= 4 is 11.6 Å².